The molecule has 106 valence electrons. The summed E-state index contributed by atoms with van der Waals surface area (Å²) in [6, 6.07) is 1.54. The summed E-state index contributed by atoms with van der Waals surface area (Å²) >= 11 is 1.82. The van der Waals surface area contributed by atoms with Crippen LogP contribution in [0.2, 0.25) is 0 Å². The number of thiazole rings is 1. The van der Waals surface area contributed by atoms with Crippen LogP contribution >= 0.6 is 11.3 Å². The van der Waals surface area contributed by atoms with Gasteiger partial charge in [0.2, 0.25) is 0 Å². The van der Waals surface area contributed by atoms with Gasteiger partial charge in [0.1, 0.15) is 0 Å². The molecule has 0 amide bonds. The van der Waals surface area contributed by atoms with E-state index in [1.165, 1.54) is 55.9 Å². The van der Waals surface area contributed by atoms with E-state index in [4.69, 9.17) is 0 Å². The van der Waals surface area contributed by atoms with E-state index in [2.05, 4.69) is 28.6 Å². The molecule has 3 rings (SSSR count). The predicted octanol–water partition coefficient (Wildman–Crippen LogP) is 2.90. The minimum Gasteiger partial charge on any atom is -0.298 e. The predicted molar refractivity (Wildman–Crippen MR) is 80.6 cm³/mol. The second-order valence-corrected chi connectivity index (χ2v) is 6.94. The van der Waals surface area contributed by atoms with E-state index in [0.717, 1.165) is 18.6 Å². The summed E-state index contributed by atoms with van der Waals surface area (Å²) < 4.78 is 0. The van der Waals surface area contributed by atoms with Crippen LogP contribution in [-0.2, 0) is 6.54 Å². The summed E-state index contributed by atoms with van der Waals surface area (Å²) in [7, 11) is 0. The van der Waals surface area contributed by atoms with Crippen molar-refractivity contribution >= 4 is 11.3 Å². The van der Waals surface area contributed by atoms with Crippen molar-refractivity contribution in [2.24, 2.45) is 0 Å². The molecule has 0 N–H and O–H groups in total. The standard InChI is InChI=1S/C15H25N3S/c1-3-13-8-17-7-5-4-6-14(17)9-18(13)10-15-12(2)16-11-19-15/h11,13-14H,3-10H2,1-2H3. The van der Waals surface area contributed by atoms with Crippen LogP contribution in [0.5, 0.6) is 0 Å². The third-order valence-corrected chi connectivity index (χ3v) is 5.74. The number of hydrogen-bond acceptors (Lipinski definition) is 4. The molecule has 4 heteroatoms. The van der Waals surface area contributed by atoms with Crippen LogP contribution < -0.4 is 0 Å². The van der Waals surface area contributed by atoms with Crippen LogP contribution in [0.1, 0.15) is 43.2 Å². The van der Waals surface area contributed by atoms with Gasteiger partial charge < -0.3 is 0 Å². The maximum absolute atomic E-state index is 4.40. The number of rotatable bonds is 3. The summed E-state index contributed by atoms with van der Waals surface area (Å²) in [5.41, 5.74) is 3.22. The second-order valence-electron chi connectivity index (χ2n) is 6.00. The van der Waals surface area contributed by atoms with Crippen LogP contribution in [0.4, 0.5) is 0 Å². The topological polar surface area (TPSA) is 19.4 Å². The normalized spacial score (nSPS) is 29.4. The van der Waals surface area contributed by atoms with Crippen LogP contribution in [0, 0.1) is 6.92 Å². The van der Waals surface area contributed by atoms with Gasteiger partial charge in [0.05, 0.1) is 11.2 Å². The minimum atomic E-state index is 0.732. The summed E-state index contributed by atoms with van der Waals surface area (Å²) in [5, 5.41) is 0. The Hall–Kier alpha value is -0.450. The van der Waals surface area contributed by atoms with E-state index in [1.807, 2.05) is 16.8 Å². The summed E-state index contributed by atoms with van der Waals surface area (Å²) in [5.74, 6) is 0. The lowest BCUT2D eigenvalue weighted by Crippen LogP contribution is -2.58. The molecule has 0 bridgehead atoms. The molecule has 0 aliphatic carbocycles. The Balaban J connectivity index is 1.70. The molecule has 19 heavy (non-hydrogen) atoms. The van der Waals surface area contributed by atoms with Gasteiger partial charge in [-0.05, 0) is 32.7 Å². The molecule has 0 spiro atoms. The number of aromatic nitrogens is 1. The molecule has 0 saturated carbocycles. The van der Waals surface area contributed by atoms with E-state index in [9.17, 15) is 0 Å². The number of hydrogen-bond donors (Lipinski definition) is 0. The average molecular weight is 279 g/mol. The molecule has 3 heterocycles. The van der Waals surface area contributed by atoms with Crippen molar-refractivity contribution in [2.45, 2.75) is 58.2 Å². The Kier molecular flexibility index (Phi) is 4.20. The first kappa shape index (κ1) is 13.5. The zero-order chi connectivity index (χ0) is 13.2. The first-order valence-corrected chi connectivity index (χ1v) is 8.53. The fourth-order valence-electron chi connectivity index (χ4n) is 3.56. The minimum absolute atomic E-state index is 0.732. The summed E-state index contributed by atoms with van der Waals surface area (Å²) in [6.45, 7) is 9.45. The highest BCUT2D eigenvalue weighted by Gasteiger charge is 2.34. The molecule has 3 nitrogen and oxygen atoms in total. The van der Waals surface area contributed by atoms with Gasteiger partial charge in [-0.1, -0.05) is 13.3 Å². The van der Waals surface area contributed by atoms with Gasteiger partial charge in [-0.25, -0.2) is 4.98 Å². The molecule has 2 saturated heterocycles. The van der Waals surface area contributed by atoms with Crippen molar-refractivity contribution in [2.75, 3.05) is 19.6 Å². The Morgan fingerprint density at radius 1 is 1.37 bits per heavy atom. The third kappa shape index (κ3) is 2.86. The van der Waals surface area contributed by atoms with E-state index in [0.29, 0.717) is 0 Å². The highest BCUT2D eigenvalue weighted by molar-refractivity contribution is 7.09. The van der Waals surface area contributed by atoms with Gasteiger partial charge in [0, 0.05) is 36.6 Å². The molecular weight excluding hydrogens is 254 g/mol. The van der Waals surface area contributed by atoms with Crippen LogP contribution in [0.15, 0.2) is 5.51 Å². The molecule has 1 aromatic rings. The lowest BCUT2D eigenvalue weighted by molar-refractivity contribution is 0.00366. The van der Waals surface area contributed by atoms with Crippen LogP contribution in [0.3, 0.4) is 0 Å². The Bertz CT molecular complexity index is 417. The summed E-state index contributed by atoms with van der Waals surface area (Å²) in [6.07, 6.45) is 5.49. The molecule has 0 radical (unpaired) electrons. The zero-order valence-corrected chi connectivity index (χ0v) is 13.0. The lowest BCUT2D eigenvalue weighted by Gasteiger charge is -2.48. The van der Waals surface area contributed by atoms with Crippen molar-refractivity contribution in [3.63, 3.8) is 0 Å². The number of piperazine rings is 1. The molecule has 2 fully saturated rings. The van der Waals surface area contributed by atoms with Crippen LogP contribution in [0.25, 0.3) is 0 Å². The lowest BCUT2D eigenvalue weighted by atomic mass is 9.96. The summed E-state index contributed by atoms with van der Waals surface area (Å²) in [4.78, 5) is 11.3. The largest absolute Gasteiger partial charge is 0.298 e. The number of piperidine rings is 1. The molecule has 0 aromatic carbocycles. The van der Waals surface area contributed by atoms with Gasteiger partial charge in [0.15, 0.2) is 0 Å². The molecular formula is C15H25N3S. The van der Waals surface area contributed by atoms with E-state index < -0.39 is 0 Å². The highest BCUT2D eigenvalue weighted by Crippen LogP contribution is 2.27. The monoisotopic (exact) mass is 279 g/mol. The molecule has 2 unspecified atom stereocenters. The molecule has 2 aliphatic heterocycles. The molecule has 2 atom stereocenters. The van der Waals surface area contributed by atoms with Crippen LogP contribution in [-0.4, -0.2) is 46.5 Å². The molecule has 1 aromatic heterocycles. The highest BCUT2D eigenvalue weighted by atomic mass is 32.1. The Labute approximate surface area is 120 Å². The first-order valence-electron chi connectivity index (χ1n) is 7.65. The Morgan fingerprint density at radius 3 is 3.00 bits per heavy atom. The SMILES string of the molecule is CCC1CN2CCCCC2CN1Cc1scnc1C. The van der Waals surface area contributed by atoms with Crippen molar-refractivity contribution in [3.8, 4) is 0 Å². The molecule has 2 aliphatic rings. The third-order valence-electron chi connectivity index (χ3n) is 4.82. The first-order chi connectivity index (χ1) is 9.28. The van der Waals surface area contributed by atoms with Crippen molar-refractivity contribution in [1.29, 1.82) is 0 Å². The van der Waals surface area contributed by atoms with E-state index >= 15 is 0 Å². The van der Waals surface area contributed by atoms with Gasteiger partial charge in [0.25, 0.3) is 0 Å². The zero-order valence-electron chi connectivity index (χ0n) is 12.1. The Morgan fingerprint density at radius 2 is 2.26 bits per heavy atom. The number of aryl methyl sites for hydroxylation is 1. The fraction of sp³-hybridized carbons (Fsp3) is 0.800. The van der Waals surface area contributed by atoms with Gasteiger partial charge in [-0.2, -0.15) is 0 Å². The van der Waals surface area contributed by atoms with Gasteiger partial charge in [-0.15, -0.1) is 11.3 Å². The number of nitrogens with zero attached hydrogens (tertiary/aromatic N) is 3. The fourth-order valence-corrected chi connectivity index (χ4v) is 4.36. The second kappa shape index (κ2) is 5.90. The van der Waals surface area contributed by atoms with Gasteiger partial charge in [-0.3, -0.25) is 9.80 Å². The smallest absolute Gasteiger partial charge is 0.0798 e. The number of fused-ring (bicyclic) bond motifs is 1. The van der Waals surface area contributed by atoms with Crippen molar-refractivity contribution in [3.05, 3.63) is 16.1 Å². The van der Waals surface area contributed by atoms with E-state index in [1.54, 1.807) is 0 Å². The maximum Gasteiger partial charge on any atom is 0.0798 e. The average Bonchev–Trinajstić information content (AvgIpc) is 2.83. The quantitative estimate of drug-likeness (QED) is 0.848. The van der Waals surface area contributed by atoms with Gasteiger partial charge >= 0.3 is 0 Å². The van der Waals surface area contributed by atoms with E-state index in [-0.39, 0.29) is 0 Å². The van der Waals surface area contributed by atoms with Crippen molar-refractivity contribution in [1.82, 2.24) is 14.8 Å². The van der Waals surface area contributed by atoms with Crippen molar-refractivity contribution < 1.29 is 0 Å². The maximum atomic E-state index is 4.40.